The molecule has 3 aromatic rings. The Labute approximate surface area is 181 Å². The number of aromatic amines is 1. The molecule has 4 atom stereocenters. The van der Waals surface area contributed by atoms with Crippen molar-refractivity contribution in [1.29, 1.82) is 0 Å². The van der Waals surface area contributed by atoms with Crippen LogP contribution in [0.3, 0.4) is 0 Å². The van der Waals surface area contributed by atoms with Crippen molar-refractivity contribution in [2.75, 3.05) is 0 Å². The van der Waals surface area contributed by atoms with Gasteiger partial charge in [-0.2, -0.15) is 0 Å². The third-order valence-electron chi connectivity index (χ3n) is 8.53. The summed E-state index contributed by atoms with van der Waals surface area (Å²) in [4.78, 5) is 16.6. The molecule has 0 amide bonds. The summed E-state index contributed by atoms with van der Waals surface area (Å²) in [7, 11) is 0. The first-order valence-electron chi connectivity index (χ1n) is 11.5. The van der Waals surface area contributed by atoms with Gasteiger partial charge in [0.15, 0.2) is 17.7 Å². The van der Waals surface area contributed by atoms with Gasteiger partial charge in [-0.05, 0) is 85.4 Å². The first-order chi connectivity index (χ1) is 14.8. The predicted molar refractivity (Wildman–Crippen MR) is 120 cm³/mol. The van der Waals surface area contributed by atoms with Gasteiger partial charge in [0.1, 0.15) is 5.60 Å². The maximum atomic E-state index is 12.9. The monoisotopic (exact) mass is 413 g/mol. The van der Waals surface area contributed by atoms with Crippen LogP contribution in [0.25, 0.3) is 21.8 Å². The van der Waals surface area contributed by atoms with E-state index in [0.29, 0.717) is 0 Å². The summed E-state index contributed by atoms with van der Waals surface area (Å²) < 4.78 is 12.9. The third kappa shape index (κ3) is 2.15. The molecule has 0 radical (unpaired) electrons. The molecular formula is C27H27NO3. The minimum absolute atomic E-state index is 0.0251. The second-order valence-electron chi connectivity index (χ2n) is 10.7. The van der Waals surface area contributed by atoms with Crippen LogP contribution in [0.15, 0.2) is 48.0 Å². The van der Waals surface area contributed by atoms with E-state index in [1.54, 1.807) is 0 Å². The van der Waals surface area contributed by atoms with E-state index >= 15 is 0 Å². The van der Waals surface area contributed by atoms with Crippen molar-refractivity contribution >= 4 is 27.6 Å². The van der Waals surface area contributed by atoms with Crippen molar-refractivity contribution in [3.05, 3.63) is 59.2 Å². The van der Waals surface area contributed by atoms with Crippen LogP contribution in [-0.4, -0.2) is 28.3 Å². The number of benzene rings is 2. The van der Waals surface area contributed by atoms with Gasteiger partial charge in [-0.1, -0.05) is 25.1 Å². The SMILES string of the molecule is CC1(C)O[C@@]23CC[C@]4(C)c5cc6[nH]c7ccccc7c6cc5CC[C@H]4C2=CC(=O)[C@@H]1O3. The molecule has 158 valence electrons. The summed E-state index contributed by atoms with van der Waals surface area (Å²) in [6, 6.07) is 13.3. The molecule has 2 aliphatic heterocycles. The average Bonchev–Trinajstić information content (AvgIpc) is 3.21. The number of carbonyl (C=O) groups excluding carboxylic acids is 1. The summed E-state index contributed by atoms with van der Waals surface area (Å²) in [5.74, 6) is -0.391. The lowest BCUT2D eigenvalue weighted by Gasteiger charge is -2.53. The van der Waals surface area contributed by atoms with E-state index in [2.05, 4.69) is 48.3 Å². The van der Waals surface area contributed by atoms with E-state index < -0.39 is 17.5 Å². The Bertz CT molecular complexity index is 1330. The van der Waals surface area contributed by atoms with Crippen LogP contribution in [0.1, 0.15) is 51.2 Å². The Morgan fingerprint density at radius 1 is 1.03 bits per heavy atom. The fourth-order valence-corrected chi connectivity index (χ4v) is 7.04. The van der Waals surface area contributed by atoms with Crippen LogP contribution in [0.2, 0.25) is 0 Å². The molecule has 1 spiro atoms. The summed E-state index contributed by atoms with van der Waals surface area (Å²) >= 11 is 0. The second-order valence-corrected chi connectivity index (χ2v) is 10.7. The second kappa shape index (κ2) is 5.48. The first kappa shape index (κ1) is 18.2. The van der Waals surface area contributed by atoms with Gasteiger partial charge in [-0.15, -0.1) is 0 Å². The van der Waals surface area contributed by atoms with Crippen LogP contribution in [-0.2, 0) is 26.1 Å². The summed E-state index contributed by atoms with van der Waals surface area (Å²) in [6.45, 7) is 6.35. The molecule has 1 saturated carbocycles. The number of aryl methyl sites for hydroxylation is 1. The smallest absolute Gasteiger partial charge is 0.193 e. The van der Waals surface area contributed by atoms with Crippen LogP contribution in [0.5, 0.6) is 0 Å². The van der Waals surface area contributed by atoms with Crippen molar-refractivity contribution in [3.63, 3.8) is 0 Å². The Morgan fingerprint density at radius 3 is 2.74 bits per heavy atom. The van der Waals surface area contributed by atoms with Crippen molar-refractivity contribution in [2.24, 2.45) is 5.92 Å². The molecular weight excluding hydrogens is 386 g/mol. The number of aromatic nitrogens is 1. The largest absolute Gasteiger partial charge is 0.355 e. The third-order valence-corrected chi connectivity index (χ3v) is 8.53. The van der Waals surface area contributed by atoms with E-state index in [9.17, 15) is 4.79 Å². The topological polar surface area (TPSA) is 51.3 Å². The van der Waals surface area contributed by atoms with Gasteiger partial charge in [0.2, 0.25) is 0 Å². The fourth-order valence-electron chi connectivity index (χ4n) is 7.04. The minimum Gasteiger partial charge on any atom is -0.355 e. The number of rotatable bonds is 0. The van der Waals surface area contributed by atoms with Crippen LogP contribution < -0.4 is 0 Å². The summed E-state index contributed by atoms with van der Waals surface area (Å²) in [6.07, 6.45) is 5.23. The van der Waals surface area contributed by atoms with E-state index in [0.717, 1.165) is 31.3 Å². The first-order valence-corrected chi connectivity index (χ1v) is 11.5. The van der Waals surface area contributed by atoms with Crippen molar-refractivity contribution < 1.29 is 14.3 Å². The van der Waals surface area contributed by atoms with E-state index in [1.165, 1.54) is 32.9 Å². The number of ketones is 1. The Kier molecular flexibility index (Phi) is 3.22. The lowest BCUT2D eigenvalue weighted by atomic mass is 9.55. The highest BCUT2D eigenvalue weighted by molar-refractivity contribution is 6.07. The number of carbonyl (C=O) groups is 1. The molecule has 4 nitrogen and oxygen atoms in total. The van der Waals surface area contributed by atoms with Gasteiger partial charge >= 0.3 is 0 Å². The maximum Gasteiger partial charge on any atom is 0.193 e. The highest BCUT2D eigenvalue weighted by Crippen LogP contribution is 2.61. The number of hydrogen-bond acceptors (Lipinski definition) is 3. The Balaban J connectivity index is 1.40. The van der Waals surface area contributed by atoms with E-state index in [1.807, 2.05) is 19.9 Å². The normalized spacial score (nSPS) is 35.6. The summed E-state index contributed by atoms with van der Waals surface area (Å²) in [5, 5.41) is 2.60. The number of ether oxygens (including phenoxy) is 2. The molecule has 2 aliphatic carbocycles. The van der Waals surface area contributed by atoms with Gasteiger partial charge < -0.3 is 14.5 Å². The van der Waals surface area contributed by atoms with Gasteiger partial charge in [0, 0.05) is 28.2 Å². The van der Waals surface area contributed by atoms with Crippen molar-refractivity contribution in [3.8, 4) is 0 Å². The standard InChI is InChI=1S/C27H27NO3/c1-25(2)24-23(29)14-20-18-9-8-15-12-17-16-6-4-5-7-21(16)28-22(17)13-19(15)26(18,3)10-11-27(20,30-24)31-25/h4-7,12-14,18,24,28H,8-11H2,1-3H3/t18-,24-,26-,27-/m0/s1. The molecule has 2 aromatic carbocycles. The zero-order valence-electron chi connectivity index (χ0n) is 18.2. The van der Waals surface area contributed by atoms with Gasteiger partial charge in [0.05, 0.1) is 0 Å². The summed E-state index contributed by atoms with van der Waals surface area (Å²) in [5.41, 5.74) is 5.73. The molecule has 2 fully saturated rings. The lowest BCUT2D eigenvalue weighted by molar-refractivity contribution is -0.187. The zero-order chi connectivity index (χ0) is 21.2. The van der Waals surface area contributed by atoms with Crippen molar-refractivity contribution in [1.82, 2.24) is 4.98 Å². The molecule has 1 N–H and O–H groups in total. The minimum atomic E-state index is -0.713. The number of hydrogen-bond donors (Lipinski definition) is 1. The number of para-hydroxylation sites is 1. The van der Waals surface area contributed by atoms with Gasteiger partial charge in [0.25, 0.3) is 0 Å². The van der Waals surface area contributed by atoms with Crippen LogP contribution in [0.4, 0.5) is 0 Å². The molecule has 0 unspecified atom stereocenters. The van der Waals surface area contributed by atoms with Crippen molar-refractivity contribution in [2.45, 2.75) is 69.4 Å². The Hall–Kier alpha value is -2.43. The molecule has 3 heterocycles. The van der Waals surface area contributed by atoms with Gasteiger partial charge in [-0.25, -0.2) is 0 Å². The molecule has 31 heavy (non-hydrogen) atoms. The lowest BCUT2D eigenvalue weighted by Crippen LogP contribution is -2.53. The molecule has 7 rings (SSSR count). The average molecular weight is 414 g/mol. The molecule has 1 saturated heterocycles. The quantitative estimate of drug-likeness (QED) is 0.542. The van der Waals surface area contributed by atoms with E-state index in [4.69, 9.17) is 9.47 Å². The van der Waals surface area contributed by atoms with Crippen LogP contribution >= 0.6 is 0 Å². The predicted octanol–water partition coefficient (Wildman–Crippen LogP) is 5.33. The Morgan fingerprint density at radius 2 is 1.87 bits per heavy atom. The maximum absolute atomic E-state index is 12.9. The number of fused-ring (bicyclic) bond motifs is 8. The highest BCUT2D eigenvalue weighted by atomic mass is 16.8. The fraction of sp³-hybridized carbons (Fsp3) is 0.444. The molecule has 2 bridgehead atoms. The molecule has 1 aromatic heterocycles. The number of H-pyrrole nitrogens is 1. The number of nitrogens with one attached hydrogen (secondary N) is 1. The van der Waals surface area contributed by atoms with Crippen LogP contribution in [0, 0.1) is 5.92 Å². The van der Waals surface area contributed by atoms with Gasteiger partial charge in [-0.3, -0.25) is 4.79 Å². The van der Waals surface area contributed by atoms with E-state index in [-0.39, 0.29) is 17.1 Å². The zero-order valence-corrected chi connectivity index (χ0v) is 18.2. The highest BCUT2D eigenvalue weighted by Gasteiger charge is 2.64. The molecule has 4 aliphatic rings. The molecule has 4 heteroatoms.